The molecule has 6 heteroatoms. The van der Waals surface area contributed by atoms with Crippen molar-refractivity contribution in [1.82, 2.24) is 10.2 Å². The Morgan fingerprint density at radius 3 is 2.62 bits per heavy atom. The molecule has 2 aromatic rings. The van der Waals surface area contributed by atoms with Crippen LogP contribution in [0, 0.1) is 6.92 Å². The highest BCUT2D eigenvalue weighted by atomic mass is 16.2. The zero-order valence-corrected chi connectivity index (χ0v) is 17.4. The fraction of sp³-hybridized carbons (Fsp3) is 0.391. The lowest BCUT2D eigenvalue weighted by Crippen LogP contribution is -2.58. The highest BCUT2D eigenvalue weighted by molar-refractivity contribution is 6.14. The summed E-state index contributed by atoms with van der Waals surface area (Å²) < 4.78 is 0. The Kier molecular flexibility index (Phi) is 5.28. The number of anilines is 2. The number of aliphatic imine (C=N–C) groups is 1. The van der Waals surface area contributed by atoms with Crippen molar-refractivity contribution in [2.45, 2.75) is 31.8 Å². The number of piperidine rings is 1. The number of amides is 1. The number of carbonyl (C=O) groups excluding carboxylic acids is 1. The molecule has 1 fully saturated rings. The van der Waals surface area contributed by atoms with Crippen LogP contribution in [-0.2, 0) is 6.54 Å². The first-order chi connectivity index (χ1) is 14.0. The van der Waals surface area contributed by atoms with Crippen LogP contribution in [0.1, 0.15) is 34.3 Å². The fourth-order valence-corrected chi connectivity index (χ4v) is 4.15. The molecule has 2 heterocycles. The minimum absolute atomic E-state index is 0.0181. The molecule has 0 atom stereocenters. The first-order valence-corrected chi connectivity index (χ1v) is 10.2. The van der Waals surface area contributed by atoms with Crippen molar-refractivity contribution in [3.8, 4) is 0 Å². The van der Waals surface area contributed by atoms with Gasteiger partial charge in [-0.2, -0.15) is 0 Å². The van der Waals surface area contributed by atoms with Crippen LogP contribution in [0.2, 0.25) is 0 Å². The van der Waals surface area contributed by atoms with E-state index in [-0.39, 0.29) is 11.4 Å². The van der Waals surface area contributed by atoms with E-state index >= 15 is 0 Å². The Balaban J connectivity index is 1.73. The van der Waals surface area contributed by atoms with E-state index in [2.05, 4.69) is 47.1 Å². The Morgan fingerprint density at radius 2 is 1.90 bits per heavy atom. The molecule has 0 radical (unpaired) electrons. The second kappa shape index (κ2) is 7.87. The van der Waals surface area contributed by atoms with Gasteiger partial charge in [-0.1, -0.05) is 35.9 Å². The van der Waals surface area contributed by atoms with Gasteiger partial charge in [-0.25, -0.2) is 0 Å². The van der Waals surface area contributed by atoms with Gasteiger partial charge < -0.3 is 20.9 Å². The molecule has 2 aliphatic heterocycles. The molecule has 1 amide bonds. The molecule has 3 N–H and O–H groups in total. The maximum atomic E-state index is 12.7. The number of aryl methyl sites for hydroxylation is 1. The number of rotatable bonds is 3. The highest BCUT2D eigenvalue weighted by Crippen LogP contribution is 2.38. The third-order valence-electron chi connectivity index (χ3n) is 5.73. The Labute approximate surface area is 172 Å². The second-order valence-corrected chi connectivity index (χ2v) is 8.16. The summed E-state index contributed by atoms with van der Waals surface area (Å²) in [6, 6.07) is 14.3. The highest BCUT2D eigenvalue weighted by Gasteiger charge is 2.41. The Hall–Kier alpha value is -2.86. The SMILES string of the molecule is Cc1cccc(CN=C2Nc3c(cccc3C(=O)N(C)C)NC23CCNCC3)c1. The van der Waals surface area contributed by atoms with Gasteiger partial charge in [0, 0.05) is 14.1 Å². The summed E-state index contributed by atoms with van der Waals surface area (Å²) in [6.07, 6.45) is 1.88. The molecular formula is C23H29N5O. The van der Waals surface area contributed by atoms with E-state index in [1.54, 1.807) is 19.0 Å². The summed E-state index contributed by atoms with van der Waals surface area (Å²) in [4.78, 5) is 19.3. The van der Waals surface area contributed by atoms with Crippen molar-refractivity contribution in [2.75, 3.05) is 37.8 Å². The van der Waals surface area contributed by atoms with Crippen molar-refractivity contribution < 1.29 is 4.79 Å². The van der Waals surface area contributed by atoms with Crippen molar-refractivity contribution in [1.29, 1.82) is 0 Å². The van der Waals surface area contributed by atoms with E-state index in [1.165, 1.54) is 11.1 Å². The summed E-state index contributed by atoms with van der Waals surface area (Å²) in [6.45, 7) is 4.58. The largest absolute Gasteiger partial charge is 0.371 e. The second-order valence-electron chi connectivity index (χ2n) is 8.16. The van der Waals surface area contributed by atoms with Gasteiger partial charge in [0.2, 0.25) is 0 Å². The lowest BCUT2D eigenvalue weighted by atomic mass is 9.84. The number of fused-ring (bicyclic) bond motifs is 1. The molecule has 0 aromatic heterocycles. The van der Waals surface area contributed by atoms with E-state index in [0.29, 0.717) is 12.1 Å². The molecule has 2 aromatic carbocycles. The van der Waals surface area contributed by atoms with E-state index in [0.717, 1.165) is 43.1 Å². The number of hydrogen-bond acceptors (Lipinski definition) is 4. The quantitative estimate of drug-likeness (QED) is 0.751. The average molecular weight is 392 g/mol. The fourth-order valence-electron chi connectivity index (χ4n) is 4.15. The first-order valence-electron chi connectivity index (χ1n) is 10.2. The van der Waals surface area contributed by atoms with Crippen molar-refractivity contribution in [3.63, 3.8) is 0 Å². The van der Waals surface area contributed by atoms with E-state index in [4.69, 9.17) is 4.99 Å². The van der Waals surface area contributed by atoms with Gasteiger partial charge in [-0.15, -0.1) is 0 Å². The van der Waals surface area contributed by atoms with Crippen LogP contribution in [0.5, 0.6) is 0 Å². The number of para-hydroxylation sites is 1. The molecule has 29 heavy (non-hydrogen) atoms. The normalized spacial score (nSPS) is 18.7. The number of nitrogens with one attached hydrogen (secondary N) is 3. The summed E-state index contributed by atoms with van der Waals surface area (Å²) >= 11 is 0. The lowest BCUT2D eigenvalue weighted by molar-refractivity contribution is 0.0828. The van der Waals surface area contributed by atoms with Crippen molar-refractivity contribution in [2.24, 2.45) is 4.99 Å². The van der Waals surface area contributed by atoms with Crippen LogP contribution < -0.4 is 16.0 Å². The van der Waals surface area contributed by atoms with Crippen LogP contribution in [0.15, 0.2) is 47.5 Å². The minimum atomic E-state index is -0.234. The van der Waals surface area contributed by atoms with Gasteiger partial charge in [-0.05, 0) is 50.6 Å². The van der Waals surface area contributed by atoms with Crippen LogP contribution in [0.25, 0.3) is 0 Å². The number of hydrogen-bond donors (Lipinski definition) is 3. The summed E-state index contributed by atoms with van der Waals surface area (Å²) in [5, 5.41) is 10.7. The number of benzene rings is 2. The van der Waals surface area contributed by atoms with Crippen molar-refractivity contribution >= 4 is 23.1 Å². The molecule has 6 nitrogen and oxygen atoms in total. The van der Waals surface area contributed by atoms with Gasteiger partial charge >= 0.3 is 0 Å². The van der Waals surface area contributed by atoms with Crippen molar-refractivity contribution in [3.05, 3.63) is 59.2 Å². The van der Waals surface area contributed by atoms with Crippen LogP contribution in [-0.4, -0.2) is 49.4 Å². The third kappa shape index (κ3) is 3.85. The summed E-state index contributed by atoms with van der Waals surface area (Å²) in [7, 11) is 3.55. The average Bonchev–Trinajstić information content (AvgIpc) is 2.72. The van der Waals surface area contributed by atoms with Gasteiger partial charge in [0.05, 0.1) is 29.0 Å². The number of amidine groups is 1. The van der Waals surface area contributed by atoms with Gasteiger partial charge in [0.25, 0.3) is 5.91 Å². The van der Waals surface area contributed by atoms with Gasteiger partial charge in [-0.3, -0.25) is 9.79 Å². The Bertz CT molecular complexity index is 944. The third-order valence-corrected chi connectivity index (χ3v) is 5.73. The molecular weight excluding hydrogens is 362 g/mol. The molecule has 0 saturated carbocycles. The standard InChI is InChI=1S/C23H29N5O/c1-16-6-4-7-17(14-16)15-25-22-23(10-12-24-13-11-23)27-19-9-5-8-18(20(19)26-22)21(29)28(2)3/h4-9,14,24,27H,10-13,15H2,1-3H3,(H,25,26). The van der Waals surface area contributed by atoms with Gasteiger partial charge in [0.15, 0.2) is 0 Å². The molecule has 1 spiro atoms. The molecule has 2 aliphatic rings. The van der Waals surface area contributed by atoms with Crippen LogP contribution in [0.4, 0.5) is 11.4 Å². The molecule has 0 unspecified atom stereocenters. The van der Waals surface area contributed by atoms with E-state index < -0.39 is 0 Å². The minimum Gasteiger partial charge on any atom is -0.371 e. The molecule has 0 aliphatic carbocycles. The Morgan fingerprint density at radius 1 is 1.14 bits per heavy atom. The number of nitrogens with zero attached hydrogens (tertiary/aromatic N) is 2. The first kappa shape index (κ1) is 19.5. The predicted octanol–water partition coefficient (Wildman–Crippen LogP) is 3.26. The summed E-state index contributed by atoms with van der Waals surface area (Å²) in [5.74, 6) is 0.905. The van der Waals surface area contributed by atoms with E-state index in [9.17, 15) is 4.79 Å². The lowest BCUT2D eigenvalue weighted by Gasteiger charge is -2.44. The molecule has 4 rings (SSSR count). The van der Waals surface area contributed by atoms with Crippen LogP contribution in [0.3, 0.4) is 0 Å². The van der Waals surface area contributed by atoms with Crippen LogP contribution >= 0.6 is 0 Å². The topological polar surface area (TPSA) is 68.8 Å². The molecule has 1 saturated heterocycles. The monoisotopic (exact) mass is 391 g/mol. The molecule has 0 bridgehead atoms. The zero-order chi connectivity index (χ0) is 20.4. The predicted molar refractivity (Wildman–Crippen MR) is 119 cm³/mol. The maximum absolute atomic E-state index is 12.7. The summed E-state index contributed by atoms with van der Waals surface area (Å²) in [5.41, 5.74) is 4.63. The maximum Gasteiger partial charge on any atom is 0.255 e. The van der Waals surface area contributed by atoms with E-state index in [1.807, 2.05) is 18.2 Å². The number of carbonyl (C=O) groups is 1. The zero-order valence-electron chi connectivity index (χ0n) is 17.4. The van der Waals surface area contributed by atoms with Gasteiger partial charge in [0.1, 0.15) is 5.84 Å². The molecule has 152 valence electrons. The smallest absolute Gasteiger partial charge is 0.255 e.